The van der Waals surface area contributed by atoms with Gasteiger partial charge in [-0.1, -0.05) is 49.9 Å². The van der Waals surface area contributed by atoms with E-state index < -0.39 is 6.04 Å². The first-order chi connectivity index (χ1) is 14.9. The molecule has 0 fully saturated rings. The number of Topliss-reactive ketones (excluding diaryl/α,β-unsaturated/α-hetero) is 1. The van der Waals surface area contributed by atoms with E-state index in [9.17, 15) is 9.18 Å². The molecule has 2 aromatic heterocycles. The number of carbonyl (C=O) groups excluding carboxylic acids is 1. The monoisotopic (exact) mass is 435 g/mol. The lowest BCUT2D eigenvalue weighted by molar-refractivity contribution is -0.118. The fraction of sp³-hybridized carbons (Fsp3) is 0.304. The largest absolute Gasteiger partial charge is 0.328 e. The molecule has 1 N–H and O–H groups in total. The van der Waals surface area contributed by atoms with Crippen molar-refractivity contribution in [1.82, 2.24) is 19.7 Å². The van der Waals surface area contributed by atoms with E-state index in [0.29, 0.717) is 34.4 Å². The Morgan fingerprint density at radius 2 is 2.00 bits per heavy atom. The van der Waals surface area contributed by atoms with Crippen LogP contribution in [0.5, 0.6) is 0 Å². The highest BCUT2D eigenvalue weighted by Gasteiger charge is 2.42. The molecule has 1 atom stereocenters. The first-order valence-electron chi connectivity index (χ1n) is 10.2. The molecule has 1 unspecified atom stereocenters. The molecule has 3 aromatic rings. The Bertz CT molecular complexity index is 1190. The maximum absolute atomic E-state index is 14.0. The number of thioether (sulfide) groups is 1. The third-order valence-electron chi connectivity index (χ3n) is 5.60. The Morgan fingerprint density at radius 1 is 1.19 bits per heavy atom. The number of anilines is 1. The summed E-state index contributed by atoms with van der Waals surface area (Å²) in [4.78, 5) is 22.3. The molecule has 0 amide bonds. The highest BCUT2D eigenvalue weighted by molar-refractivity contribution is 7.98. The summed E-state index contributed by atoms with van der Waals surface area (Å²) >= 11 is 1.37. The molecule has 31 heavy (non-hydrogen) atoms. The summed E-state index contributed by atoms with van der Waals surface area (Å²) in [6.45, 7) is 4.20. The number of benzene rings is 1. The number of hydrogen-bond donors (Lipinski definition) is 1. The first kappa shape index (κ1) is 19.9. The smallest absolute Gasteiger partial charge is 0.227 e. The number of nitrogens with zero attached hydrogens (tertiary/aromatic N) is 4. The standard InChI is InChI=1S/C23H22FN5OS/c1-23(2)11-17-19(18(30)12-23)20(16-9-5-6-10-25-16)29-21(26-17)27-22(28-29)31-13-14-7-3-4-8-15(14)24/h3-10,20H,11-13H2,1-2H3,(H,26,27,28). The van der Waals surface area contributed by atoms with E-state index in [1.54, 1.807) is 23.0 Å². The number of aromatic nitrogens is 4. The second-order valence-corrected chi connectivity index (χ2v) is 9.60. The first-order valence-corrected chi connectivity index (χ1v) is 11.2. The normalized spacial score (nSPS) is 19.6. The highest BCUT2D eigenvalue weighted by Crippen LogP contribution is 2.45. The third-order valence-corrected chi connectivity index (χ3v) is 6.48. The fourth-order valence-electron chi connectivity index (χ4n) is 4.22. The van der Waals surface area contributed by atoms with Gasteiger partial charge in [-0.25, -0.2) is 9.07 Å². The predicted molar refractivity (Wildman–Crippen MR) is 117 cm³/mol. The summed E-state index contributed by atoms with van der Waals surface area (Å²) in [6.07, 6.45) is 2.96. The molecule has 1 aliphatic carbocycles. The van der Waals surface area contributed by atoms with Gasteiger partial charge in [0.05, 0.1) is 5.69 Å². The van der Waals surface area contributed by atoms with E-state index >= 15 is 0 Å². The second kappa shape index (κ2) is 7.60. The van der Waals surface area contributed by atoms with Gasteiger partial charge in [0.15, 0.2) is 5.78 Å². The zero-order valence-electron chi connectivity index (χ0n) is 17.3. The fourth-order valence-corrected chi connectivity index (χ4v) is 5.03. The van der Waals surface area contributed by atoms with Gasteiger partial charge < -0.3 is 5.32 Å². The lowest BCUT2D eigenvalue weighted by atomic mass is 9.73. The van der Waals surface area contributed by atoms with Gasteiger partial charge in [0.1, 0.15) is 11.9 Å². The van der Waals surface area contributed by atoms with Crippen LogP contribution in [0.2, 0.25) is 0 Å². The molecule has 0 bridgehead atoms. The van der Waals surface area contributed by atoms with E-state index in [1.807, 2.05) is 24.3 Å². The van der Waals surface area contributed by atoms with Crippen molar-refractivity contribution in [3.8, 4) is 0 Å². The zero-order valence-corrected chi connectivity index (χ0v) is 18.1. The van der Waals surface area contributed by atoms with Crippen LogP contribution < -0.4 is 5.32 Å². The van der Waals surface area contributed by atoms with Crippen LogP contribution in [0, 0.1) is 11.2 Å². The number of halogens is 1. The van der Waals surface area contributed by atoms with Gasteiger partial charge in [0.25, 0.3) is 0 Å². The molecule has 0 saturated heterocycles. The molecule has 1 aromatic carbocycles. The molecule has 3 heterocycles. The summed E-state index contributed by atoms with van der Waals surface area (Å²) in [5, 5.41) is 8.55. The van der Waals surface area contributed by atoms with Crippen molar-refractivity contribution in [2.45, 2.75) is 43.6 Å². The minimum absolute atomic E-state index is 0.108. The minimum Gasteiger partial charge on any atom is -0.328 e. The Kier molecular flexibility index (Phi) is 4.89. The molecule has 0 saturated carbocycles. The average molecular weight is 436 g/mol. The van der Waals surface area contributed by atoms with Crippen LogP contribution in [-0.2, 0) is 10.5 Å². The van der Waals surface area contributed by atoms with Gasteiger partial charge in [-0.3, -0.25) is 9.78 Å². The molecule has 2 aliphatic rings. The summed E-state index contributed by atoms with van der Waals surface area (Å²) < 4.78 is 15.7. The van der Waals surface area contributed by atoms with Crippen LogP contribution in [0.15, 0.2) is 65.1 Å². The van der Waals surface area contributed by atoms with Gasteiger partial charge in [0.2, 0.25) is 11.1 Å². The van der Waals surface area contributed by atoms with Crippen LogP contribution >= 0.6 is 11.8 Å². The Labute approximate surface area is 184 Å². The molecule has 5 rings (SSSR count). The van der Waals surface area contributed by atoms with Gasteiger partial charge in [-0.15, -0.1) is 5.10 Å². The predicted octanol–water partition coefficient (Wildman–Crippen LogP) is 4.76. The maximum atomic E-state index is 14.0. The minimum atomic E-state index is -0.425. The van der Waals surface area contributed by atoms with Crippen molar-refractivity contribution in [3.63, 3.8) is 0 Å². The van der Waals surface area contributed by atoms with E-state index in [-0.39, 0.29) is 17.0 Å². The summed E-state index contributed by atoms with van der Waals surface area (Å²) in [5.74, 6) is 0.865. The van der Waals surface area contributed by atoms with Crippen LogP contribution in [0.4, 0.5) is 10.3 Å². The maximum Gasteiger partial charge on any atom is 0.227 e. The quantitative estimate of drug-likeness (QED) is 0.596. The van der Waals surface area contributed by atoms with Crippen molar-refractivity contribution < 1.29 is 9.18 Å². The number of ketones is 1. The third kappa shape index (κ3) is 3.76. The van der Waals surface area contributed by atoms with Gasteiger partial charge >= 0.3 is 0 Å². The van der Waals surface area contributed by atoms with E-state index in [4.69, 9.17) is 0 Å². The molecule has 158 valence electrons. The van der Waals surface area contributed by atoms with Crippen LogP contribution in [0.1, 0.15) is 44.0 Å². The number of hydrogen-bond acceptors (Lipinski definition) is 6. The molecule has 8 heteroatoms. The number of nitrogens with one attached hydrogen (secondary N) is 1. The van der Waals surface area contributed by atoms with Crippen molar-refractivity contribution in [3.05, 3.63) is 77.0 Å². The van der Waals surface area contributed by atoms with Crippen molar-refractivity contribution in [2.75, 3.05) is 5.32 Å². The van der Waals surface area contributed by atoms with Crippen LogP contribution in [-0.4, -0.2) is 25.5 Å². The second-order valence-electron chi connectivity index (χ2n) is 8.66. The number of rotatable bonds is 4. The van der Waals surface area contributed by atoms with Crippen LogP contribution in [0.25, 0.3) is 0 Å². The van der Waals surface area contributed by atoms with Crippen molar-refractivity contribution in [1.29, 1.82) is 0 Å². The number of fused-ring (bicyclic) bond motifs is 1. The lowest BCUT2D eigenvalue weighted by Crippen LogP contribution is -2.36. The Morgan fingerprint density at radius 3 is 2.77 bits per heavy atom. The zero-order chi connectivity index (χ0) is 21.6. The summed E-state index contributed by atoms with van der Waals surface area (Å²) in [7, 11) is 0. The van der Waals surface area contributed by atoms with E-state index in [0.717, 1.165) is 17.8 Å². The molecule has 0 spiro atoms. The number of pyridine rings is 1. The van der Waals surface area contributed by atoms with Gasteiger partial charge in [-0.2, -0.15) is 4.98 Å². The van der Waals surface area contributed by atoms with Gasteiger partial charge in [-0.05, 0) is 35.6 Å². The van der Waals surface area contributed by atoms with Crippen molar-refractivity contribution in [2.24, 2.45) is 5.41 Å². The van der Waals surface area contributed by atoms with E-state index in [1.165, 1.54) is 17.8 Å². The number of allylic oxidation sites excluding steroid dienone is 2. The highest BCUT2D eigenvalue weighted by atomic mass is 32.2. The number of carbonyl (C=O) groups is 1. The average Bonchev–Trinajstić information content (AvgIpc) is 3.14. The SMILES string of the molecule is CC1(C)CC(=O)C2=C(C1)Nc1nc(SCc3ccccc3F)nn1C2c1ccccn1. The molecule has 0 radical (unpaired) electrons. The Hall–Kier alpha value is -3.00. The van der Waals surface area contributed by atoms with Gasteiger partial charge in [0, 0.05) is 29.6 Å². The van der Waals surface area contributed by atoms with Crippen LogP contribution in [0.3, 0.4) is 0 Å². The Balaban J connectivity index is 1.52. The summed E-state index contributed by atoms with van der Waals surface area (Å²) in [6, 6.07) is 11.9. The topological polar surface area (TPSA) is 72.7 Å². The lowest BCUT2D eigenvalue weighted by Gasteiger charge is -2.37. The molecular formula is C23H22FN5OS. The molecule has 6 nitrogen and oxygen atoms in total. The van der Waals surface area contributed by atoms with Crippen molar-refractivity contribution >= 4 is 23.5 Å². The van der Waals surface area contributed by atoms with E-state index in [2.05, 4.69) is 34.2 Å². The molecular weight excluding hydrogens is 413 g/mol. The summed E-state index contributed by atoms with van der Waals surface area (Å²) in [5.41, 5.74) is 2.83. The molecule has 1 aliphatic heterocycles.